The van der Waals surface area contributed by atoms with Gasteiger partial charge in [-0.15, -0.1) is 0 Å². The Hall–Kier alpha value is -2.98. The molecule has 3 fully saturated rings. The number of rotatable bonds is 6. The molecule has 3 heterocycles. The summed E-state index contributed by atoms with van der Waals surface area (Å²) in [5.41, 5.74) is -1.22. The Morgan fingerprint density at radius 3 is 0.947 bits per heavy atom. The highest BCUT2D eigenvalue weighted by atomic mass is 127. The van der Waals surface area contributed by atoms with Crippen LogP contribution >= 0.6 is 22.6 Å². The molecule has 4 aromatic carbocycles. The molecule has 0 unspecified atom stereocenters. The second-order valence-corrected chi connectivity index (χ2v) is 18.2. The quantitative estimate of drug-likeness (QED) is 0.140. The van der Waals surface area contributed by atoms with Crippen LogP contribution in [0.25, 0.3) is 0 Å². The molecule has 0 amide bonds. The maximum atomic E-state index is 12.9. The normalized spacial score (nSPS) is 20.4. The van der Waals surface area contributed by atoms with E-state index in [2.05, 4.69) is 22.6 Å². The minimum Gasteiger partial charge on any atom is -0.457 e. The number of hydrogen-bond donors (Lipinski definition) is 0. The minimum atomic E-state index is -0.476. The molecule has 4 aromatic rings. The first-order chi connectivity index (χ1) is 25.9. The predicted molar refractivity (Wildman–Crippen MR) is 233 cm³/mol. The van der Waals surface area contributed by atoms with E-state index < -0.39 is 14.0 Å². The zero-order valence-electron chi connectivity index (χ0n) is 34.4. The fraction of sp³-hybridized carbons (Fsp3) is 0.442. The lowest BCUT2D eigenvalue weighted by Gasteiger charge is -2.32. The molecule has 306 valence electrons. The zero-order valence-corrected chi connectivity index (χ0v) is 36.5. The lowest BCUT2D eigenvalue weighted by atomic mass is 9.49. The Balaban J connectivity index is 0.000000192. The molecule has 8 nitrogen and oxygen atoms in total. The van der Waals surface area contributed by atoms with Gasteiger partial charge in [0.15, 0.2) is 0 Å². The topological polar surface area (TPSA) is 73.8 Å². The molecule has 0 spiro atoms. The standard InChI is InChI=1S/C18H20BFO3.C12H24B2O4.C12H8FIO.CH4/c1-17(2)18(3,4)23-19(22-17)13-5-9-15(10-6-13)21-16-11-7-14(20)8-12-16;1-9(2)10(3,4)16-13(15-9)14-17-11(5,6)12(7,8)18-14;13-9-1-5-11(6-2-9)15-12-7-3-10(14)4-8-12;/h5-12H,1-4H3;1-8H3;1-8H;1H4. The van der Waals surface area contributed by atoms with Gasteiger partial charge in [-0.2, -0.15) is 0 Å². The van der Waals surface area contributed by atoms with Crippen molar-refractivity contribution < 1.29 is 46.2 Å². The van der Waals surface area contributed by atoms with Crippen LogP contribution < -0.4 is 14.9 Å². The summed E-state index contributed by atoms with van der Waals surface area (Å²) in [7, 11) is -1.34. The van der Waals surface area contributed by atoms with Crippen LogP contribution in [0.3, 0.4) is 0 Å². The van der Waals surface area contributed by atoms with Crippen LogP contribution in [0, 0.1) is 15.2 Å². The molecule has 3 saturated heterocycles. The van der Waals surface area contributed by atoms with Gasteiger partial charge in [0.2, 0.25) is 0 Å². The van der Waals surface area contributed by atoms with Gasteiger partial charge >= 0.3 is 21.1 Å². The highest BCUT2D eigenvalue weighted by molar-refractivity contribution is 14.1. The third-order valence-electron chi connectivity index (χ3n) is 11.1. The summed E-state index contributed by atoms with van der Waals surface area (Å²) in [4.78, 5) is 0. The van der Waals surface area contributed by atoms with Crippen molar-refractivity contribution in [1.29, 1.82) is 0 Å². The van der Waals surface area contributed by atoms with E-state index in [0.717, 1.165) is 14.8 Å². The van der Waals surface area contributed by atoms with E-state index in [4.69, 9.17) is 37.4 Å². The SMILES string of the molecule is C.CC1(C)OB(B2OC(C)(C)C(C)(C)O2)OC1(C)C.CC1(C)OB(c2ccc(Oc3ccc(F)cc3)cc2)OC1(C)C.Fc1ccc(Oc2ccc(I)cc2)cc1. The van der Waals surface area contributed by atoms with Gasteiger partial charge in [0.1, 0.15) is 34.6 Å². The first kappa shape index (κ1) is 46.7. The van der Waals surface area contributed by atoms with Crippen LogP contribution in [0.5, 0.6) is 23.0 Å². The van der Waals surface area contributed by atoms with Crippen molar-refractivity contribution >= 4 is 49.2 Å². The number of ether oxygens (including phenoxy) is 2. The second kappa shape index (κ2) is 17.7. The van der Waals surface area contributed by atoms with Gasteiger partial charge in [0.25, 0.3) is 0 Å². The van der Waals surface area contributed by atoms with Gasteiger partial charge in [-0.05, 0) is 196 Å². The van der Waals surface area contributed by atoms with Crippen molar-refractivity contribution in [2.45, 2.75) is 124 Å². The van der Waals surface area contributed by atoms with Crippen molar-refractivity contribution in [3.05, 3.63) is 112 Å². The van der Waals surface area contributed by atoms with E-state index in [1.807, 2.05) is 132 Å². The van der Waals surface area contributed by atoms with Crippen LogP contribution in [0.4, 0.5) is 8.78 Å². The zero-order chi connectivity index (χ0) is 41.3. The maximum Gasteiger partial charge on any atom is 0.494 e. The molecule has 0 saturated carbocycles. The average Bonchev–Trinajstić information content (AvgIpc) is 3.58. The molecule has 0 aliphatic carbocycles. The largest absolute Gasteiger partial charge is 0.494 e. The van der Waals surface area contributed by atoms with Crippen LogP contribution in [0.15, 0.2) is 97.1 Å². The Morgan fingerprint density at radius 2 is 0.649 bits per heavy atom. The molecule has 57 heavy (non-hydrogen) atoms. The predicted octanol–water partition coefficient (Wildman–Crippen LogP) is 11.0. The molecular weight excluding hydrogens is 842 g/mol. The van der Waals surface area contributed by atoms with Crippen molar-refractivity contribution in [3.63, 3.8) is 0 Å². The Morgan fingerprint density at radius 1 is 0.404 bits per heavy atom. The summed E-state index contributed by atoms with van der Waals surface area (Å²) in [6.07, 6.45) is 0. The highest BCUT2D eigenvalue weighted by Gasteiger charge is 2.63. The third-order valence-corrected chi connectivity index (χ3v) is 11.8. The lowest BCUT2D eigenvalue weighted by Crippen LogP contribution is -2.41. The highest BCUT2D eigenvalue weighted by Crippen LogP contribution is 2.43. The average molecular weight is 898 g/mol. The monoisotopic (exact) mass is 898 g/mol. The van der Waals surface area contributed by atoms with Gasteiger partial charge in [-0.25, -0.2) is 8.78 Å². The Bertz CT molecular complexity index is 1780. The summed E-state index contributed by atoms with van der Waals surface area (Å²) in [6, 6.07) is 27.1. The van der Waals surface area contributed by atoms with Gasteiger partial charge in [-0.1, -0.05) is 19.6 Å². The van der Waals surface area contributed by atoms with E-state index in [9.17, 15) is 8.78 Å². The van der Waals surface area contributed by atoms with Gasteiger partial charge in [-0.3, -0.25) is 0 Å². The van der Waals surface area contributed by atoms with Gasteiger partial charge < -0.3 is 37.4 Å². The van der Waals surface area contributed by atoms with E-state index in [0.29, 0.717) is 17.2 Å². The second-order valence-electron chi connectivity index (χ2n) is 17.0. The summed E-state index contributed by atoms with van der Waals surface area (Å²) in [6.45, 7) is 24.3. The third kappa shape index (κ3) is 11.4. The fourth-order valence-electron chi connectivity index (χ4n) is 5.45. The molecule has 0 atom stereocenters. The van der Waals surface area contributed by atoms with Crippen LogP contribution in [0.2, 0.25) is 0 Å². The van der Waals surface area contributed by atoms with E-state index >= 15 is 0 Å². The summed E-state index contributed by atoms with van der Waals surface area (Å²) in [5.74, 6) is 2.12. The smallest absolute Gasteiger partial charge is 0.457 e. The van der Waals surface area contributed by atoms with E-state index in [1.165, 1.54) is 24.3 Å². The number of halogens is 3. The molecule has 3 aliphatic heterocycles. The minimum absolute atomic E-state index is 0. The molecule has 7 rings (SSSR count). The van der Waals surface area contributed by atoms with Crippen LogP contribution in [0.1, 0.15) is 90.5 Å². The van der Waals surface area contributed by atoms with Crippen molar-refractivity contribution in [2.24, 2.45) is 0 Å². The molecule has 0 aromatic heterocycles. The van der Waals surface area contributed by atoms with Crippen LogP contribution in [-0.4, -0.2) is 54.7 Å². The Labute approximate surface area is 353 Å². The summed E-state index contributed by atoms with van der Waals surface area (Å²) >= 11 is 2.23. The Kier molecular flexibility index (Phi) is 14.5. The molecule has 0 N–H and O–H groups in total. The molecule has 0 bridgehead atoms. The molecular formula is C43H56B3F2IO8. The van der Waals surface area contributed by atoms with Crippen LogP contribution in [-0.2, 0) is 27.9 Å². The first-order valence-corrected chi connectivity index (χ1v) is 19.8. The van der Waals surface area contributed by atoms with E-state index in [1.54, 1.807) is 24.3 Å². The first-order valence-electron chi connectivity index (χ1n) is 18.7. The molecule has 0 radical (unpaired) electrons. The van der Waals surface area contributed by atoms with Crippen molar-refractivity contribution in [1.82, 2.24) is 0 Å². The summed E-state index contributed by atoms with van der Waals surface area (Å²) in [5, 5.41) is 0. The molecule has 3 aliphatic rings. The van der Waals surface area contributed by atoms with Gasteiger partial charge in [0.05, 0.1) is 33.6 Å². The fourth-order valence-corrected chi connectivity index (χ4v) is 5.81. The van der Waals surface area contributed by atoms with Crippen molar-refractivity contribution in [2.75, 3.05) is 0 Å². The summed E-state index contributed by atoms with van der Waals surface area (Å²) < 4.78 is 73.8. The van der Waals surface area contributed by atoms with Crippen molar-refractivity contribution in [3.8, 4) is 23.0 Å². The number of benzene rings is 4. The van der Waals surface area contributed by atoms with E-state index in [-0.39, 0.29) is 59.8 Å². The lowest BCUT2D eigenvalue weighted by molar-refractivity contribution is 0.00578. The van der Waals surface area contributed by atoms with Gasteiger partial charge in [0, 0.05) is 3.57 Å². The molecule has 14 heteroatoms. The maximum absolute atomic E-state index is 12.9. The number of hydrogen-bond acceptors (Lipinski definition) is 8.